The molecule has 0 aromatic carbocycles. The lowest BCUT2D eigenvalue weighted by atomic mass is 10.3. The van der Waals surface area contributed by atoms with E-state index in [0.717, 1.165) is 24.4 Å². The number of aromatic nitrogens is 1. The molecule has 0 aliphatic heterocycles. The molecular formula is C15H25N3O3. The molecule has 1 heterocycles. The highest BCUT2D eigenvalue weighted by molar-refractivity contribution is 5.77. The van der Waals surface area contributed by atoms with E-state index < -0.39 is 0 Å². The Labute approximate surface area is 126 Å². The third-order valence-electron chi connectivity index (χ3n) is 2.78. The van der Waals surface area contributed by atoms with Gasteiger partial charge in [0, 0.05) is 32.4 Å². The second kappa shape index (κ2) is 10.1. The molecule has 1 amide bonds. The van der Waals surface area contributed by atoms with Gasteiger partial charge in [0.2, 0.25) is 0 Å². The topological polar surface area (TPSA) is 72.5 Å². The minimum Gasteiger partial charge on any atom is -0.482 e. The molecule has 1 aromatic heterocycles. The van der Waals surface area contributed by atoms with Crippen molar-refractivity contribution in [3.8, 4) is 5.75 Å². The second-order valence-corrected chi connectivity index (χ2v) is 4.71. The zero-order chi connectivity index (χ0) is 15.5. The van der Waals surface area contributed by atoms with Crippen LogP contribution in [0.25, 0.3) is 0 Å². The summed E-state index contributed by atoms with van der Waals surface area (Å²) in [6.45, 7) is 6.57. The molecule has 2 N–H and O–H groups in total. The Morgan fingerprint density at radius 1 is 1.33 bits per heavy atom. The zero-order valence-corrected chi connectivity index (χ0v) is 13.1. The number of methoxy groups -OCH3 is 1. The van der Waals surface area contributed by atoms with Gasteiger partial charge in [-0.2, -0.15) is 0 Å². The average molecular weight is 295 g/mol. The van der Waals surface area contributed by atoms with Gasteiger partial charge in [-0.25, -0.2) is 0 Å². The molecule has 118 valence electrons. The molecule has 1 aromatic rings. The number of ether oxygens (including phenoxy) is 2. The summed E-state index contributed by atoms with van der Waals surface area (Å²) in [6.07, 6.45) is 0.909. The molecule has 21 heavy (non-hydrogen) atoms. The standard InChI is InChI=1S/C15H25N3O3/c1-4-7-17-15(19)11-21-14-6-5-12(2)18-13(14)10-16-8-9-20-3/h5-6,16H,4,7-11H2,1-3H3,(H,17,19). The van der Waals surface area contributed by atoms with E-state index in [1.54, 1.807) is 7.11 Å². The highest BCUT2D eigenvalue weighted by Gasteiger charge is 2.08. The first-order valence-electron chi connectivity index (χ1n) is 7.23. The van der Waals surface area contributed by atoms with Crippen molar-refractivity contribution in [2.24, 2.45) is 0 Å². The van der Waals surface area contributed by atoms with Crippen LogP contribution < -0.4 is 15.4 Å². The molecule has 6 nitrogen and oxygen atoms in total. The summed E-state index contributed by atoms with van der Waals surface area (Å²) in [5.41, 5.74) is 1.72. The second-order valence-electron chi connectivity index (χ2n) is 4.71. The van der Waals surface area contributed by atoms with Gasteiger partial charge in [0.05, 0.1) is 12.3 Å². The number of aryl methyl sites for hydroxylation is 1. The molecule has 6 heteroatoms. The van der Waals surface area contributed by atoms with Gasteiger partial charge in [-0.3, -0.25) is 9.78 Å². The molecule has 0 spiro atoms. The summed E-state index contributed by atoms with van der Waals surface area (Å²) >= 11 is 0. The predicted octanol–water partition coefficient (Wildman–Crippen LogP) is 1.03. The van der Waals surface area contributed by atoms with Crippen LogP contribution in [0.4, 0.5) is 0 Å². The van der Waals surface area contributed by atoms with E-state index in [1.165, 1.54) is 0 Å². The van der Waals surface area contributed by atoms with Gasteiger partial charge < -0.3 is 20.1 Å². The monoisotopic (exact) mass is 295 g/mol. The first-order chi connectivity index (χ1) is 10.2. The fourth-order valence-corrected chi connectivity index (χ4v) is 1.70. The average Bonchev–Trinajstić information content (AvgIpc) is 2.48. The Balaban J connectivity index is 2.53. The molecule has 0 atom stereocenters. The van der Waals surface area contributed by atoms with Gasteiger partial charge in [0.25, 0.3) is 5.91 Å². The van der Waals surface area contributed by atoms with Crippen molar-refractivity contribution in [2.45, 2.75) is 26.8 Å². The predicted molar refractivity (Wildman–Crippen MR) is 81.4 cm³/mol. The lowest BCUT2D eigenvalue weighted by molar-refractivity contribution is -0.123. The number of pyridine rings is 1. The molecule has 1 rings (SSSR count). The normalized spacial score (nSPS) is 10.4. The number of hydrogen-bond donors (Lipinski definition) is 2. The maximum atomic E-state index is 11.6. The van der Waals surface area contributed by atoms with E-state index in [1.807, 2.05) is 26.0 Å². The van der Waals surface area contributed by atoms with Crippen LogP contribution in [0.1, 0.15) is 24.7 Å². The van der Waals surface area contributed by atoms with Crippen LogP contribution in [0.15, 0.2) is 12.1 Å². The minimum atomic E-state index is -0.115. The molecule has 0 saturated heterocycles. The quantitative estimate of drug-likeness (QED) is 0.631. The number of carbonyl (C=O) groups is 1. The Hall–Kier alpha value is -1.66. The fraction of sp³-hybridized carbons (Fsp3) is 0.600. The van der Waals surface area contributed by atoms with Crippen molar-refractivity contribution in [2.75, 3.05) is 33.4 Å². The fourth-order valence-electron chi connectivity index (χ4n) is 1.70. The van der Waals surface area contributed by atoms with E-state index in [-0.39, 0.29) is 12.5 Å². The number of amides is 1. The van der Waals surface area contributed by atoms with E-state index in [9.17, 15) is 4.79 Å². The van der Waals surface area contributed by atoms with Gasteiger partial charge in [0.1, 0.15) is 5.75 Å². The van der Waals surface area contributed by atoms with Crippen molar-refractivity contribution >= 4 is 5.91 Å². The summed E-state index contributed by atoms with van der Waals surface area (Å²) in [7, 11) is 1.66. The third-order valence-corrected chi connectivity index (χ3v) is 2.78. The van der Waals surface area contributed by atoms with E-state index in [4.69, 9.17) is 9.47 Å². The van der Waals surface area contributed by atoms with Crippen LogP contribution in [0.5, 0.6) is 5.75 Å². The molecule has 0 saturated carbocycles. The Morgan fingerprint density at radius 3 is 2.86 bits per heavy atom. The molecule has 0 bridgehead atoms. The summed E-state index contributed by atoms with van der Waals surface area (Å²) in [4.78, 5) is 16.0. The lowest BCUT2D eigenvalue weighted by Crippen LogP contribution is -2.29. The number of hydrogen-bond acceptors (Lipinski definition) is 5. The van der Waals surface area contributed by atoms with Crippen molar-refractivity contribution in [3.63, 3.8) is 0 Å². The summed E-state index contributed by atoms with van der Waals surface area (Å²) in [5, 5.41) is 6.00. The molecule has 0 unspecified atom stereocenters. The van der Waals surface area contributed by atoms with Crippen molar-refractivity contribution in [1.29, 1.82) is 0 Å². The van der Waals surface area contributed by atoms with Crippen LogP contribution in [-0.2, 0) is 16.1 Å². The van der Waals surface area contributed by atoms with Crippen LogP contribution in [0, 0.1) is 6.92 Å². The Bertz CT molecular complexity index is 438. The summed E-state index contributed by atoms with van der Waals surface area (Å²) < 4.78 is 10.5. The molecule has 0 aliphatic rings. The number of nitrogens with zero attached hydrogens (tertiary/aromatic N) is 1. The van der Waals surface area contributed by atoms with E-state index in [0.29, 0.717) is 25.4 Å². The smallest absolute Gasteiger partial charge is 0.257 e. The Morgan fingerprint density at radius 2 is 2.14 bits per heavy atom. The highest BCUT2D eigenvalue weighted by atomic mass is 16.5. The van der Waals surface area contributed by atoms with Gasteiger partial charge in [-0.05, 0) is 25.5 Å². The number of carbonyl (C=O) groups excluding carboxylic acids is 1. The third kappa shape index (κ3) is 7.06. The zero-order valence-electron chi connectivity index (χ0n) is 13.1. The summed E-state index contributed by atoms with van der Waals surface area (Å²) in [5.74, 6) is 0.521. The van der Waals surface area contributed by atoms with Crippen LogP contribution >= 0.6 is 0 Å². The SMILES string of the molecule is CCCNC(=O)COc1ccc(C)nc1CNCCOC. The Kier molecular flexibility index (Phi) is 8.38. The largest absolute Gasteiger partial charge is 0.482 e. The summed E-state index contributed by atoms with van der Waals surface area (Å²) in [6, 6.07) is 3.72. The lowest BCUT2D eigenvalue weighted by Gasteiger charge is -2.12. The number of nitrogens with one attached hydrogen (secondary N) is 2. The van der Waals surface area contributed by atoms with Crippen molar-refractivity contribution < 1.29 is 14.3 Å². The van der Waals surface area contributed by atoms with Gasteiger partial charge in [-0.15, -0.1) is 0 Å². The van der Waals surface area contributed by atoms with Gasteiger partial charge in [0.15, 0.2) is 6.61 Å². The molecular weight excluding hydrogens is 270 g/mol. The number of rotatable bonds is 10. The van der Waals surface area contributed by atoms with E-state index >= 15 is 0 Å². The first-order valence-corrected chi connectivity index (χ1v) is 7.23. The van der Waals surface area contributed by atoms with Gasteiger partial charge >= 0.3 is 0 Å². The van der Waals surface area contributed by atoms with Crippen LogP contribution in [0.3, 0.4) is 0 Å². The van der Waals surface area contributed by atoms with Crippen LogP contribution in [-0.4, -0.2) is 44.3 Å². The van der Waals surface area contributed by atoms with Crippen molar-refractivity contribution in [3.05, 3.63) is 23.5 Å². The maximum Gasteiger partial charge on any atom is 0.257 e. The minimum absolute atomic E-state index is 0.00973. The molecule has 0 fully saturated rings. The first kappa shape index (κ1) is 17.4. The highest BCUT2D eigenvalue weighted by Crippen LogP contribution is 2.16. The van der Waals surface area contributed by atoms with Crippen LogP contribution in [0.2, 0.25) is 0 Å². The maximum absolute atomic E-state index is 11.6. The molecule has 0 radical (unpaired) electrons. The van der Waals surface area contributed by atoms with Gasteiger partial charge in [-0.1, -0.05) is 6.92 Å². The molecule has 0 aliphatic carbocycles. The van der Waals surface area contributed by atoms with Crippen molar-refractivity contribution in [1.82, 2.24) is 15.6 Å². The van der Waals surface area contributed by atoms with E-state index in [2.05, 4.69) is 15.6 Å².